The maximum atomic E-state index is 11.8. The average molecular weight is 253 g/mol. The third kappa shape index (κ3) is 5.73. The first-order valence-electron chi connectivity index (χ1n) is 6.16. The van der Waals surface area contributed by atoms with Gasteiger partial charge in [0.15, 0.2) is 0 Å². The van der Waals surface area contributed by atoms with Crippen LogP contribution >= 0.6 is 0 Å². The minimum atomic E-state index is -4.20. The van der Waals surface area contributed by atoms with E-state index in [0.29, 0.717) is 12.5 Å². The highest BCUT2D eigenvalue weighted by molar-refractivity contribution is 4.88. The molecule has 1 aliphatic rings. The molecule has 0 spiro atoms. The fraction of sp³-hybridized carbons (Fsp3) is 1.00. The molecule has 1 rings (SSSR count). The van der Waals surface area contributed by atoms with Crippen molar-refractivity contribution in [3.05, 3.63) is 0 Å². The molecule has 0 bridgehead atoms. The van der Waals surface area contributed by atoms with Gasteiger partial charge in [0.05, 0.1) is 0 Å². The van der Waals surface area contributed by atoms with Gasteiger partial charge in [0.1, 0.15) is 6.61 Å². The van der Waals surface area contributed by atoms with E-state index in [2.05, 4.69) is 17.0 Å². The summed E-state index contributed by atoms with van der Waals surface area (Å²) < 4.78 is 40.1. The molecular formula is C12H22F3NO. The van der Waals surface area contributed by atoms with Crippen LogP contribution in [-0.4, -0.2) is 32.5 Å². The number of ether oxygens (including phenoxy) is 1. The van der Waals surface area contributed by atoms with Gasteiger partial charge in [-0.2, -0.15) is 13.2 Å². The number of hydrogen-bond acceptors (Lipinski definition) is 2. The minimum absolute atomic E-state index is 0.208. The highest BCUT2D eigenvalue weighted by atomic mass is 19.4. The summed E-state index contributed by atoms with van der Waals surface area (Å²) in [6.07, 6.45) is 0.886. The summed E-state index contributed by atoms with van der Waals surface area (Å²) in [7, 11) is 1.96. The second-order valence-corrected chi connectivity index (χ2v) is 5.31. The van der Waals surface area contributed by atoms with Crippen molar-refractivity contribution in [2.75, 3.05) is 20.3 Å². The standard InChI is InChI=1S/C12H22F3NO/c1-11(6-4-10(8-11)16-2)5-3-7-17-9-12(13,14)15/h10,16H,3-9H2,1-2H3. The van der Waals surface area contributed by atoms with Crippen LogP contribution in [0.25, 0.3) is 0 Å². The Hall–Kier alpha value is -0.290. The second-order valence-electron chi connectivity index (χ2n) is 5.31. The quantitative estimate of drug-likeness (QED) is 0.734. The van der Waals surface area contributed by atoms with Crippen LogP contribution in [0.2, 0.25) is 0 Å². The zero-order valence-corrected chi connectivity index (χ0v) is 10.6. The monoisotopic (exact) mass is 253 g/mol. The minimum Gasteiger partial charge on any atom is -0.372 e. The molecular weight excluding hydrogens is 231 g/mol. The molecule has 0 aromatic carbocycles. The highest BCUT2D eigenvalue weighted by Gasteiger charge is 2.33. The number of halogens is 3. The van der Waals surface area contributed by atoms with E-state index < -0.39 is 12.8 Å². The fourth-order valence-corrected chi connectivity index (χ4v) is 2.58. The van der Waals surface area contributed by atoms with E-state index >= 15 is 0 Å². The van der Waals surface area contributed by atoms with E-state index in [-0.39, 0.29) is 12.0 Å². The Bertz CT molecular complexity index is 232. The molecule has 0 saturated heterocycles. The van der Waals surface area contributed by atoms with E-state index in [9.17, 15) is 13.2 Å². The van der Waals surface area contributed by atoms with E-state index in [1.165, 1.54) is 0 Å². The summed E-state index contributed by atoms with van der Waals surface area (Å²) in [5.74, 6) is 0. The largest absolute Gasteiger partial charge is 0.411 e. The van der Waals surface area contributed by atoms with Crippen LogP contribution in [0.3, 0.4) is 0 Å². The predicted octanol–water partition coefficient (Wildman–Crippen LogP) is 3.12. The van der Waals surface area contributed by atoms with E-state index in [1.54, 1.807) is 0 Å². The van der Waals surface area contributed by atoms with Crippen LogP contribution in [0.4, 0.5) is 13.2 Å². The maximum Gasteiger partial charge on any atom is 0.411 e. The van der Waals surface area contributed by atoms with Crippen molar-refractivity contribution in [1.82, 2.24) is 5.32 Å². The smallest absolute Gasteiger partial charge is 0.372 e. The zero-order valence-electron chi connectivity index (χ0n) is 10.6. The molecule has 1 aliphatic carbocycles. The first-order valence-corrected chi connectivity index (χ1v) is 6.16. The second kappa shape index (κ2) is 6.05. The van der Waals surface area contributed by atoms with Crippen LogP contribution in [0.1, 0.15) is 39.0 Å². The van der Waals surface area contributed by atoms with Gasteiger partial charge in [-0.3, -0.25) is 0 Å². The van der Waals surface area contributed by atoms with Gasteiger partial charge in [-0.25, -0.2) is 0 Å². The molecule has 0 aromatic rings. The fourth-order valence-electron chi connectivity index (χ4n) is 2.58. The van der Waals surface area contributed by atoms with E-state index in [4.69, 9.17) is 0 Å². The molecule has 102 valence electrons. The molecule has 0 aliphatic heterocycles. The molecule has 0 heterocycles. The lowest BCUT2D eigenvalue weighted by Crippen LogP contribution is -2.24. The SMILES string of the molecule is CNC1CCC(C)(CCCOCC(F)(F)F)C1. The molecule has 2 atom stereocenters. The van der Waals surface area contributed by atoms with Crippen LogP contribution in [0.15, 0.2) is 0 Å². The van der Waals surface area contributed by atoms with Crippen LogP contribution in [-0.2, 0) is 4.74 Å². The van der Waals surface area contributed by atoms with Crippen molar-refractivity contribution in [2.45, 2.75) is 51.2 Å². The first kappa shape index (κ1) is 14.8. The molecule has 1 saturated carbocycles. The molecule has 5 heteroatoms. The summed E-state index contributed by atoms with van der Waals surface area (Å²) in [4.78, 5) is 0. The summed E-state index contributed by atoms with van der Waals surface area (Å²) in [6.45, 7) is 1.30. The van der Waals surface area contributed by atoms with Crippen molar-refractivity contribution < 1.29 is 17.9 Å². The molecule has 0 aromatic heterocycles. The lowest BCUT2D eigenvalue weighted by Gasteiger charge is -2.24. The zero-order chi connectivity index (χ0) is 12.9. The van der Waals surface area contributed by atoms with E-state index in [0.717, 1.165) is 25.7 Å². The number of rotatable bonds is 6. The van der Waals surface area contributed by atoms with Crippen LogP contribution in [0, 0.1) is 5.41 Å². The van der Waals surface area contributed by atoms with E-state index in [1.807, 2.05) is 7.05 Å². The van der Waals surface area contributed by atoms with Crippen molar-refractivity contribution in [2.24, 2.45) is 5.41 Å². The summed E-state index contributed by atoms with van der Waals surface area (Å²) >= 11 is 0. The Labute approximate surface area is 101 Å². The Kier molecular flexibility index (Phi) is 5.25. The van der Waals surface area contributed by atoms with Gasteiger partial charge in [-0.15, -0.1) is 0 Å². The summed E-state index contributed by atoms with van der Waals surface area (Å²) in [5.41, 5.74) is 0.273. The number of alkyl halides is 3. The van der Waals surface area contributed by atoms with Crippen molar-refractivity contribution in [1.29, 1.82) is 0 Å². The predicted molar refractivity (Wildman–Crippen MR) is 60.9 cm³/mol. The van der Waals surface area contributed by atoms with Gasteiger partial charge in [-0.05, 0) is 44.6 Å². The average Bonchev–Trinajstić information content (AvgIpc) is 2.58. The lowest BCUT2D eigenvalue weighted by molar-refractivity contribution is -0.174. The van der Waals surface area contributed by atoms with Gasteiger partial charge in [0.25, 0.3) is 0 Å². The molecule has 0 amide bonds. The Morgan fingerprint density at radius 3 is 2.65 bits per heavy atom. The number of hydrogen-bond donors (Lipinski definition) is 1. The van der Waals surface area contributed by atoms with Gasteiger partial charge in [-0.1, -0.05) is 6.92 Å². The number of nitrogens with one attached hydrogen (secondary N) is 1. The molecule has 2 nitrogen and oxygen atoms in total. The third-order valence-electron chi connectivity index (χ3n) is 3.58. The highest BCUT2D eigenvalue weighted by Crippen LogP contribution is 2.41. The molecule has 0 radical (unpaired) electrons. The summed E-state index contributed by atoms with van der Waals surface area (Å²) in [5, 5.41) is 3.26. The van der Waals surface area contributed by atoms with Gasteiger partial charge in [0, 0.05) is 12.6 Å². The van der Waals surface area contributed by atoms with Crippen LogP contribution in [0.5, 0.6) is 0 Å². The molecule has 2 unspecified atom stereocenters. The molecule has 1 N–H and O–H groups in total. The van der Waals surface area contributed by atoms with Gasteiger partial charge in [0.2, 0.25) is 0 Å². The van der Waals surface area contributed by atoms with Crippen molar-refractivity contribution >= 4 is 0 Å². The van der Waals surface area contributed by atoms with Gasteiger partial charge < -0.3 is 10.1 Å². The Balaban J connectivity index is 2.10. The van der Waals surface area contributed by atoms with Crippen molar-refractivity contribution in [3.8, 4) is 0 Å². The Morgan fingerprint density at radius 2 is 2.12 bits per heavy atom. The van der Waals surface area contributed by atoms with Crippen LogP contribution < -0.4 is 5.32 Å². The molecule has 17 heavy (non-hydrogen) atoms. The van der Waals surface area contributed by atoms with Gasteiger partial charge >= 0.3 is 6.18 Å². The normalized spacial score (nSPS) is 29.8. The topological polar surface area (TPSA) is 21.3 Å². The molecule has 1 fully saturated rings. The maximum absolute atomic E-state index is 11.8. The Morgan fingerprint density at radius 1 is 1.41 bits per heavy atom. The summed E-state index contributed by atoms with van der Waals surface area (Å²) in [6, 6.07) is 0.566. The van der Waals surface area contributed by atoms with Crippen molar-refractivity contribution in [3.63, 3.8) is 0 Å². The first-order chi connectivity index (χ1) is 7.85. The third-order valence-corrected chi connectivity index (χ3v) is 3.58. The lowest BCUT2D eigenvalue weighted by atomic mass is 9.84.